The van der Waals surface area contributed by atoms with Gasteiger partial charge in [-0.05, 0) is 43.0 Å². The highest BCUT2D eigenvalue weighted by Gasteiger charge is 2.29. The summed E-state index contributed by atoms with van der Waals surface area (Å²) in [6, 6.07) is 3.63. The topological polar surface area (TPSA) is 83.5 Å². The first kappa shape index (κ1) is 16.7. The Bertz CT molecular complexity index is 595. The molecule has 0 aliphatic rings. The van der Waals surface area contributed by atoms with Crippen LogP contribution < -0.4 is 4.72 Å². The Morgan fingerprint density at radius 2 is 1.90 bits per heavy atom. The highest BCUT2D eigenvalue weighted by molar-refractivity contribution is 7.89. The van der Waals surface area contributed by atoms with Crippen LogP contribution in [0.5, 0.6) is 0 Å². The normalized spacial score (nSPS) is 14.8. The second kappa shape index (κ2) is 6.37. The SMILES string of the molecule is CC[C@H](C)[C@H](NS(=O)(=O)c1ccc(C)c(C)c1)C(=O)O. The van der Waals surface area contributed by atoms with Crippen LogP contribution in [0.1, 0.15) is 31.4 Å². The third-order valence-corrected chi connectivity index (χ3v) is 4.99. The van der Waals surface area contributed by atoms with Gasteiger partial charge in [0.1, 0.15) is 6.04 Å². The second-order valence-corrected chi connectivity index (χ2v) is 6.78. The van der Waals surface area contributed by atoms with Crippen molar-refractivity contribution in [1.82, 2.24) is 4.72 Å². The molecule has 0 heterocycles. The summed E-state index contributed by atoms with van der Waals surface area (Å²) in [5.41, 5.74) is 1.84. The zero-order valence-corrected chi connectivity index (χ0v) is 13.0. The van der Waals surface area contributed by atoms with E-state index in [-0.39, 0.29) is 10.8 Å². The van der Waals surface area contributed by atoms with Crippen LogP contribution >= 0.6 is 0 Å². The maximum Gasteiger partial charge on any atom is 0.322 e. The first-order valence-corrected chi connectivity index (χ1v) is 7.99. The van der Waals surface area contributed by atoms with E-state index in [0.717, 1.165) is 11.1 Å². The van der Waals surface area contributed by atoms with Gasteiger partial charge in [0.25, 0.3) is 0 Å². The molecule has 0 spiro atoms. The number of carboxylic acid groups (broad SMARTS) is 1. The summed E-state index contributed by atoms with van der Waals surface area (Å²) < 4.78 is 26.8. The van der Waals surface area contributed by atoms with E-state index in [1.165, 1.54) is 6.07 Å². The molecular weight excluding hydrogens is 278 g/mol. The lowest BCUT2D eigenvalue weighted by molar-refractivity contribution is -0.140. The lowest BCUT2D eigenvalue weighted by Gasteiger charge is -2.20. The lowest BCUT2D eigenvalue weighted by Crippen LogP contribution is -2.44. The van der Waals surface area contributed by atoms with Crippen LogP contribution in [0.4, 0.5) is 0 Å². The number of carbonyl (C=O) groups is 1. The molecule has 2 atom stereocenters. The molecule has 0 aliphatic carbocycles. The monoisotopic (exact) mass is 299 g/mol. The highest BCUT2D eigenvalue weighted by Crippen LogP contribution is 2.17. The van der Waals surface area contributed by atoms with Crippen molar-refractivity contribution in [1.29, 1.82) is 0 Å². The molecule has 0 unspecified atom stereocenters. The molecule has 0 bridgehead atoms. The summed E-state index contributed by atoms with van der Waals surface area (Å²) in [4.78, 5) is 11.3. The summed E-state index contributed by atoms with van der Waals surface area (Å²) in [5.74, 6) is -1.44. The summed E-state index contributed by atoms with van der Waals surface area (Å²) in [6.45, 7) is 7.24. The van der Waals surface area contributed by atoms with Crippen molar-refractivity contribution in [3.8, 4) is 0 Å². The molecule has 1 aromatic rings. The van der Waals surface area contributed by atoms with Crippen molar-refractivity contribution >= 4 is 16.0 Å². The van der Waals surface area contributed by atoms with E-state index in [0.29, 0.717) is 6.42 Å². The Balaban J connectivity index is 3.09. The minimum atomic E-state index is -3.83. The molecule has 112 valence electrons. The smallest absolute Gasteiger partial charge is 0.322 e. The lowest BCUT2D eigenvalue weighted by atomic mass is 10.0. The molecule has 0 aliphatic heterocycles. The predicted molar refractivity (Wildman–Crippen MR) is 77.1 cm³/mol. The zero-order chi connectivity index (χ0) is 15.5. The van der Waals surface area contributed by atoms with Crippen LogP contribution in [0, 0.1) is 19.8 Å². The van der Waals surface area contributed by atoms with Gasteiger partial charge in [0.05, 0.1) is 4.90 Å². The molecule has 1 rings (SSSR count). The van der Waals surface area contributed by atoms with Crippen molar-refractivity contribution in [2.45, 2.75) is 45.1 Å². The highest BCUT2D eigenvalue weighted by atomic mass is 32.2. The van der Waals surface area contributed by atoms with Crippen LogP contribution in [0.15, 0.2) is 23.1 Å². The van der Waals surface area contributed by atoms with Crippen LogP contribution in [0.3, 0.4) is 0 Å². The minimum Gasteiger partial charge on any atom is -0.480 e. The molecule has 0 saturated heterocycles. The Hall–Kier alpha value is -1.40. The van der Waals surface area contributed by atoms with E-state index in [9.17, 15) is 13.2 Å². The van der Waals surface area contributed by atoms with Crippen molar-refractivity contribution in [3.63, 3.8) is 0 Å². The van der Waals surface area contributed by atoms with Gasteiger partial charge >= 0.3 is 5.97 Å². The van der Waals surface area contributed by atoms with E-state index in [2.05, 4.69) is 4.72 Å². The summed E-state index contributed by atoms with van der Waals surface area (Å²) in [5, 5.41) is 9.16. The molecular formula is C14H21NO4S. The zero-order valence-electron chi connectivity index (χ0n) is 12.2. The number of aliphatic carboxylic acids is 1. The second-order valence-electron chi connectivity index (χ2n) is 5.07. The predicted octanol–water partition coefficient (Wildman–Crippen LogP) is 2.08. The summed E-state index contributed by atoms with van der Waals surface area (Å²) in [6.07, 6.45) is 0.576. The third-order valence-electron chi connectivity index (χ3n) is 3.55. The van der Waals surface area contributed by atoms with Gasteiger partial charge in [0.15, 0.2) is 0 Å². The maximum absolute atomic E-state index is 12.3. The van der Waals surface area contributed by atoms with E-state index in [4.69, 9.17) is 5.11 Å². The van der Waals surface area contributed by atoms with Crippen LogP contribution in [-0.4, -0.2) is 25.5 Å². The van der Waals surface area contributed by atoms with E-state index >= 15 is 0 Å². The number of rotatable bonds is 6. The molecule has 0 aromatic heterocycles. The number of hydrogen-bond donors (Lipinski definition) is 2. The molecule has 0 amide bonds. The number of benzene rings is 1. The number of sulfonamides is 1. The standard InChI is InChI=1S/C14H21NO4S/c1-5-9(2)13(14(16)17)15-20(18,19)12-7-6-10(3)11(4)8-12/h6-9,13,15H,5H2,1-4H3,(H,16,17)/t9-,13-/m0/s1. The largest absolute Gasteiger partial charge is 0.480 e. The fraction of sp³-hybridized carbons (Fsp3) is 0.500. The Kier molecular flexibility index (Phi) is 5.30. The number of aryl methyl sites for hydroxylation is 2. The average molecular weight is 299 g/mol. The Morgan fingerprint density at radius 3 is 2.35 bits per heavy atom. The van der Waals surface area contributed by atoms with Crippen molar-refractivity contribution < 1.29 is 18.3 Å². The van der Waals surface area contributed by atoms with Gasteiger partial charge in [-0.3, -0.25) is 4.79 Å². The molecule has 6 heteroatoms. The summed E-state index contributed by atoms with van der Waals surface area (Å²) >= 11 is 0. The molecule has 0 fully saturated rings. The third kappa shape index (κ3) is 3.80. The fourth-order valence-corrected chi connectivity index (χ4v) is 3.14. The van der Waals surface area contributed by atoms with Gasteiger partial charge in [0, 0.05) is 0 Å². The fourth-order valence-electron chi connectivity index (χ4n) is 1.76. The van der Waals surface area contributed by atoms with Crippen molar-refractivity contribution in [2.75, 3.05) is 0 Å². The van der Waals surface area contributed by atoms with Crippen molar-refractivity contribution in [2.24, 2.45) is 5.92 Å². The van der Waals surface area contributed by atoms with Crippen LogP contribution in [0.25, 0.3) is 0 Å². The molecule has 1 aromatic carbocycles. The van der Waals surface area contributed by atoms with Crippen molar-refractivity contribution in [3.05, 3.63) is 29.3 Å². The number of hydrogen-bond acceptors (Lipinski definition) is 3. The first-order valence-electron chi connectivity index (χ1n) is 6.51. The molecule has 5 nitrogen and oxygen atoms in total. The summed E-state index contributed by atoms with van der Waals surface area (Å²) in [7, 11) is -3.83. The average Bonchev–Trinajstić information content (AvgIpc) is 2.38. The molecule has 2 N–H and O–H groups in total. The maximum atomic E-state index is 12.3. The first-order chi connectivity index (χ1) is 9.19. The van der Waals surface area contributed by atoms with Gasteiger partial charge in [-0.1, -0.05) is 26.3 Å². The van der Waals surface area contributed by atoms with Crippen LogP contribution in [0.2, 0.25) is 0 Å². The quantitative estimate of drug-likeness (QED) is 0.842. The minimum absolute atomic E-state index is 0.0927. The number of nitrogens with one attached hydrogen (secondary N) is 1. The molecule has 0 saturated carbocycles. The van der Waals surface area contributed by atoms with Gasteiger partial charge in [-0.2, -0.15) is 4.72 Å². The van der Waals surface area contributed by atoms with Gasteiger partial charge in [-0.25, -0.2) is 8.42 Å². The molecule has 20 heavy (non-hydrogen) atoms. The van der Waals surface area contributed by atoms with E-state index in [1.54, 1.807) is 19.1 Å². The van der Waals surface area contributed by atoms with Gasteiger partial charge < -0.3 is 5.11 Å². The Morgan fingerprint density at radius 1 is 1.30 bits per heavy atom. The number of carboxylic acids is 1. The Labute approximate surface area is 120 Å². The van der Waals surface area contributed by atoms with E-state index in [1.807, 2.05) is 20.8 Å². The van der Waals surface area contributed by atoms with Gasteiger partial charge in [0.2, 0.25) is 10.0 Å². The molecule has 0 radical (unpaired) electrons. The van der Waals surface area contributed by atoms with Crippen LogP contribution in [-0.2, 0) is 14.8 Å². The van der Waals surface area contributed by atoms with Gasteiger partial charge in [-0.15, -0.1) is 0 Å². The van der Waals surface area contributed by atoms with E-state index < -0.39 is 22.0 Å².